The molecule has 3 aromatic carbocycles. The largest absolute Gasteiger partial charge is 0.369 e. The number of benzene rings is 3. The fourth-order valence-electron chi connectivity index (χ4n) is 3.98. The van der Waals surface area contributed by atoms with Crippen LogP contribution in [-0.4, -0.2) is 57.1 Å². The Kier molecular flexibility index (Phi) is 6.72. The average molecular weight is 456 g/mol. The SMILES string of the molecule is O=C(NCCCS(=O)(=O)N1CCN(c2ccc(F)cc2)CC1)c1cccc2ccccc12. The lowest BCUT2D eigenvalue weighted by atomic mass is 10.0. The highest BCUT2D eigenvalue weighted by Gasteiger charge is 2.26. The standard InChI is InChI=1S/C24H26FN3O3S/c25-20-9-11-21(12-10-20)27-14-16-28(17-15-27)32(30,31)18-4-13-26-24(29)23-8-3-6-19-5-1-2-7-22(19)23/h1-3,5-12H,4,13-18H2,(H,26,29). The van der Waals surface area contributed by atoms with Crippen LogP contribution in [0, 0.1) is 5.82 Å². The molecule has 0 saturated carbocycles. The molecule has 168 valence electrons. The van der Waals surface area contributed by atoms with Crippen molar-refractivity contribution in [3.8, 4) is 0 Å². The Morgan fingerprint density at radius 2 is 1.59 bits per heavy atom. The number of rotatable bonds is 7. The van der Waals surface area contributed by atoms with E-state index < -0.39 is 10.0 Å². The lowest BCUT2D eigenvalue weighted by molar-refractivity contribution is 0.0955. The first kappa shape index (κ1) is 22.2. The summed E-state index contributed by atoms with van der Waals surface area (Å²) in [6, 6.07) is 19.5. The number of carbonyl (C=O) groups excluding carboxylic acids is 1. The summed E-state index contributed by atoms with van der Waals surface area (Å²) < 4.78 is 40.0. The van der Waals surface area contributed by atoms with Crippen LogP contribution in [0.4, 0.5) is 10.1 Å². The van der Waals surface area contributed by atoms with E-state index in [1.54, 1.807) is 18.2 Å². The van der Waals surface area contributed by atoms with Crippen molar-refractivity contribution in [1.29, 1.82) is 0 Å². The molecule has 0 spiro atoms. The van der Waals surface area contributed by atoms with Crippen molar-refractivity contribution in [3.05, 3.63) is 78.1 Å². The number of halogens is 1. The molecule has 0 aliphatic carbocycles. The van der Waals surface area contributed by atoms with Crippen molar-refractivity contribution in [2.75, 3.05) is 43.4 Å². The maximum atomic E-state index is 13.1. The number of sulfonamides is 1. The van der Waals surface area contributed by atoms with Gasteiger partial charge in [-0.25, -0.2) is 12.8 Å². The Morgan fingerprint density at radius 1 is 0.906 bits per heavy atom. The fourth-order valence-corrected chi connectivity index (χ4v) is 5.47. The molecule has 0 bridgehead atoms. The topological polar surface area (TPSA) is 69.7 Å². The van der Waals surface area contributed by atoms with Gasteiger partial charge < -0.3 is 10.2 Å². The third-order valence-corrected chi connectivity index (χ3v) is 7.68. The molecule has 1 saturated heterocycles. The minimum atomic E-state index is -3.40. The zero-order chi connectivity index (χ0) is 22.6. The van der Waals surface area contributed by atoms with Gasteiger partial charge in [0.15, 0.2) is 0 Å². The van der Waals surface area contributed by atoms with Crippen molar-refractivity contribution < 1.29 is 17.6 Å². The van der Waals surface area contributed by atoms with Crippen LogP contribution in [0.3, 0.4) is 0 Å². The van der Waals surface area contributed by atoms with E-state index in [9.17, 15) is 17.6 Å². The van der Waals surface area contributed by atoms with Crippen LogP contribution < -0.4 is 10.2 Å². The summed E-state index contributed by atoms with van der Waals surface area (Å²) in [6.45, 7) is 2.19. The van der Waals surface area contributed by atoms with Gasteiger partial charge in [-0.2, -0.15) is 4.31 Å². The van der Waals surface area contributed by atoms with E-state index in [1.165, 1.54) is 16.4 Å². The van der Waals surface area contributed by atoms with E-state index in [2.05, 4.69) is 10.2 Å². The minimum absolute atomic E-state index is 0.0145. The molecular formula is C24H26FN3O3S. The molecule has 3 aromatic rings. The Bertz CT molecular complexity index is 1190. The highest BCUT2D eigenvalue weighted by atomic mass is 32.2. The maximum absolute atomic E-state index is 13.1. The molecule has 1 aliphatic rings. The van der Waals surface area contributed by atoms with Gasteiger partial charge in [-0.3, -0.25) is 4.79 Å². The van der Waals surface area contributed by atoms with Gasteiger partial charge in [0.25, 0.3) is 5.91 Å². The highest BCUT2D eigenvalue weighted by molar-refractivity contribution is 7.89. The Labute approximate surface area is 187 Å². The molecule has 1 aliphatic heterocycles. The van der Waals surface area contributed by atoms with Crippen molar-refractivity contribution in [1.82, 2.24) is 9.62 Å². The zero-order valence-electron chi connectivity index (χ0n) is 17.7. The van der Waals surface area contributed by atoms with Crippen molar-refractivity contribution in [2.45, 2.75) is 6.42 Å². The summed E-state index contributed by atoms with van der Waals surface area (Å²) in [6.07, 6.45) is 0.344. The predicted octanol–water partition coefficient (Wildman–Crippen LogP) is 3.25. The summed E-state index contributed by atoms with van der Waals surface area (Å²) in [5, 5.41) is 4.70. The number of piperazine rings is 1. The number of anilines is 1. The van der Waals surface area contributed by atoms with Crippen LogP contribution in [0.5, 0.6) is 0 Å². The fraction of sp³-hybridized carbons (Fsp3) is 0.292. The van der Waals surface area contributed by atoms with Gasteiger partial charge in [0, 0.05) is 44.0 Å². The van der Waals surface area contributed by atoms with Crippen LogP contribution in [0.2, 0.25) is 0 Å². The van der Waals surface area contributed by atoms with Crippen LogP contribution in [0.1, 0.15) is 16.8 Å². The van der Waals surface area contributed by atoms with Crippen LogP contribution in [-0.2, 0) is 10.0 Å². The Morgan fingerprint density at radius 3 is 2.34 bits per heavy atom. The number of hydrogen-bond donors (Lipinski definition) is 1. The molecule has 0 radical (unpaired) electrons. The normalized spacial score (nSPS) is 15.1. The number of nitrogens with one attached hydrogen (secondary N) is 1. The van der Waals surface area contributed by atoms with Gasteiger partial charge in [-0.05, 0) is 47.5 Å². The van der Waals surface area contributed by atoms with E-state index in [-0.39, 0.29) is 24.0 Å². The molecule has 6 nitrogen and oxygen atoms in total. The molecule has 1 N–H and O–H groups in total. The van der Waals surface area contributed by atoms with Crippen LogP contribution in [0.25, 0.3) is 10.8 Å². The lowest BCUT2D eigenvalue weighted by Crippen LogP contribution is -2.49. The minimum Gasteiger partial charge on any atom is -0.369 e. The van der Waals surface area contributed by atoms with E-state index in [0.717, 1.165) is 16.5 Å². The number of fused-ring (bicyclic) bond motifs is 1. The molecule has 0 unspecified atom stereocenters. The van der Waals surface area contributed by atoms with E-state index >= 15 is 0 Å². The van der Waals surface area contributed by atoms with E-state index in [0.29, 0.717) is 38.2 Å². The second-order valence-corrected chi connectivity index (χ2v) is 9.90. The molecule has 1 heterocycles. The molecule has 0 atom stereocenters. The quantitative estimate of drug-likeness (QED) is 0.556. The number of carbonyl (C=O) groups is 1. The Balaban J connectivity index is 1.26. The molecule has 1 amide bonds. The average Bonchev–Trinajstić information content (AvgIpc) is 2.82. The predicted molar refractivity (Wildman–Crippen MR) is 125 cm³/mol. The lowest BCUT2D eigenvalue weighted by Gasteiger charge is -2.35. The van der Waals surface area contributed by atoms with Crippen molar-refractivity contribution in [3.63, 3.8) is 0 Å². The van der Waals surface area contributed by atoms with Gasteiger partial charge >= 0.3 is 0 Å². The van der Waals surface area contributed by atoms with Gasteiger partial charge in [-0.1, -0.05) is 36.4 Å². The number of amides is 1. The molecule has 32 heavy (non-hydrogen) atoms. The smallest absolute Gasteiger partial charge is 0.251 e. The second-order valence-electron chi connectivity index (χ2n) is 7.81. The summed E-state index contributed by atoms with van der Waals surface area (Å²) in [5.74, 6) is -0.506. The summed E-state index contributed by atoms with van der Waals surface area (Å²) >= 11 is 0. The first-order chi connectivity index (χ1) is 15.4. The van der Waals surface area contributed by atoms with E-state index in [4.69, 9.17) is 0 Å². The molecule has 4 rings (SSSR count). The monoisotopic (exact) mass is 455 g/mol. The zero-order valence-corrected chi connectivity index (χ0v) is 18.5. The molecule has 8 heteroatoms. The van der Waals surface area contributed by atoms with Crippen LogP contribution in [0.15, 0.2) is 66.7 Å². The molecule has 1 fully saturated rings. The summed E-state index contributed by atoms with van der Waals surface area (Å²) in [7, 11) is -3.40. The third kappa shape index (κ3) is 5.08. The first-order valence-electron chi connectivity index (χ1n) is 10.7. The highest BCUT2D eigenvalue weighted by Crippen LogP contribution is 2.19. The van der Waals surface area contributed by atoms with Gasteiger partial charge in [0.2, 0.25) is 10.0 Å². The summed E-state index contributed by atoms with van der Waals surface area (Å²) in [5.41, 5.74) is 1.47. The molecule has 0 aromatic heterocycles. The maximum Gasteiger partial charge on any atom is 0.251 e. The van der Waals surface area contributed by atoms with Crippen molar-refractivity contribution in [2.24, 2.45) is 0 Å². The molecular weight excluding hydrogens is 429 g/mol. The Hall–Kier alpha value is -2.97. The van der Waals surface area contributed by atoms with Crippen LogP contribution >= 0.6 is 0 Å². The number of nitrogens with zero attached hydrogens (tertiary/aromatic N) is 2. The summed E-state index contributed by atoms with van der Waals surface area (Å²) in [4.78, 5) is 14.6. The van der Waals surface area contributed by atoms with Gasteiger partial charge in [-0.15, -0.1) is 0 Å². The van der Waals surface area contributed by atoms with Crippen molar-refractivity contribution >= 4 is 32.4 Å². The van der Waals surface area contributed by atoms with Gasteiger partial charge in [0.1, 0.15) is 5.82 Å². The van der Waals surface area contributed by atoms with E-state index in [1.807, 2.05) is 36.4 Å². The third-order valence-electron chi connectivity index (χ3n) is 5.72. The van der Waals surface area contributed by atoms with Gasteiger partial charge in [0.05, 0.1) is 5.75 Å². The number of hydrogen-bond acceptors (Lipinski definition) is 4. The first-order valence-corrected chi connectivity index (χ1v) is 12.3. The second kappa shape index (κ2) is 9.67.